The van der Waals surface area contributed by atoms with E-state index < -0.39 is 5.76 Å². The van der Waals surface area contributed by atoms with Crippen molar-refractivity contribution in [3.8, 4) is 5.75 Å². The van der Waals surface area contributed by atoms with Gasteiger partial charge in [0.25, 0.3) is 0 Å². The maximum atomic E-state index is 12.0. The number of rotatable bonds is 6. The molecule has 6 nitrogen and oxygen atoms in total. The van der Waals surface area contributed by atoms with Crippen LogP contribution in [0.4, 0.5) is 5.69 Å². The van der Waals surface area contributed by atoms with Gasteiger partial charge in [-0.05, 0) is 55.3 Å². The minimum absolute atomic E-state index is 0.124. The van der Waals surface area contributed by atoms with Gasteiger partial charge in [0.1, 0.15) is 5.75 Å². The highest BCUT2D eigenvalue weighted by molar-refractivity contribution is 6.31. The number of nitrogens with one attached hydrogen (secondary N) is 2. The van der Waals surface area contributed by atoms with Crippen LogP contribution >= 0.6 is 11.6 Å². The van der Waals surface area contributed by atoms with E-state index in [2.05, 4.69) is 10.3 Å². The quantitative estimate of drug-likeness (QED) is 0.653. The number of halogens is 1. The molecule has 25 heavy (non-hydrogen) atoms. The number of fused-ring (bicyclic) bond motifs is 1. The number of aromatic amines is 1. The molecule has 0 atom stereocenters. The highest BCUT2D eigenvalue weighted by Gasteiger charge is 2.06. The molecule has 0 aliphatic carbocycles. The van der Waals surface area contributed by atoms with Gasteiger partial charge in [0.05, 0.1) is 12.1 Å². The van der Waals surface area contributed by atoms with Crippen LogP contribution in [0.25, 0.3) is 11.1 Å². The summed E-state index contributed by atoms with van der Waals surface area (Å²) in [6, 6.07) is 10.4. The molecule has 2 N–H and O–H groups in total. The van der Waals surface area contributed by atoms with E-state index in [1.807, 2.05) is 13.0 Å². The average Bonchev–Trinajstić information content (AvgIpc) is 2.94. The number of carbonyl (C=O) groups excluding carboxylic acids is 1. The van der Waals surface area contributed by atoms with Gasteiger partial charge in [0.2, 0.25) is 5.91 Å². The fourth-order valence-corrected chi connectivity index (χ4v) is 2.50. The highest BCUT2D eigenvalue weighted by Crippen LogP contribution is 2.21. The number of anilines is 1. The van der Waals surface area contributed by atoms with Crippen molar-refractivity contribution in [3.63, 3.8) is 0 Å². The van der Waals surface area contributed by atoms with E-state index in [-0.39, 0.29) is 5.91 Å². The summed E-state index contributed by atoms with van der Waals surface area (Å²) < 4.78 is 10.5. The fraction of sp³-hybridized carbons (Fsp3) is 0.222. The van der Waals surface area contributed by atoms with Crippen LogP contribution in [0, 0.1) is 6.92 Å². The second kappa shape index (κ2) is 7.44. The van der Waals surface area contributed by atoms with Gasteiger partial charge < -0.3 is 14.5 Å². The van der Waals surface area contributed by atoms with Crippen LogP contribution in [0.2, 0.25) is 5.02 Å². The lowest BCUT2D eigenvalue weighted by atomic mass is 10.2. The standard InChI is InChI=1S/C18H17ClN2O4/c1-11-9-13(5-6-14(11)19)24-8-2-3-17(22)20-12-4-7-16-15(10-12)21-18(23)25-16/h4-7,9-10H,2-3,8H2,1H3,(H,20,22)(H,21,23). The molecular weight excluding hydrogens is 344 g/mol. The predicted molar refractivity (Wildman–Crippen MR) is 96.4 cm³/mol. The van der Waals surface area contributed by atoms with Gasteiger partial charge in [-0.1, -0.05) is 11.6 Å². The molecule has 1 amide bonds. The lowest BCUT2D eigenvalue weighted by Gasteiger charge is -2.08. The van der Waals surface area contributed by atoms with E-state index in [0.717, 1.165) is 11.3 Å². The molecular formula is C18H17ClN2O4. The predicted octanol–water partition coefficient (Wildman–Crippen LogP) is 3.88. The highest BCUT2D eigenvalue weighted by atomic mass is 35.5. The molecule has 0 radical (unpaired) electrons. The monoisotopic (exact) mass is 360 g/mol. The molecule has 0 saturated heterocycles. The number of H-pyrrole nitrogens is 1. The minimum Gasteiger partial charge on any atom is -0.494 e. The molecule has 0 fully saturated rings. The third-order valence-electron chi connectivity index (χ3n) is 3.65. The van der Waals surface area contributed by atoms with Crippen LogP contribution in [-0.4, -0.2) is 17.5 Å². The van der Waals surface area contributed by atoms with E-state index in [1.165, 1.54) is 0 Å². The third-order valence-corrected chi connectivity index (χ3v) is 4.07. The summed E-state index contributed by atoms with van der Waals surface area (Å²) in [6.07, 6.45) is 0.908. The molecule has 3 rings (SSSR count). The van der Waals surface area contributed by atoms with Crippen LogP contribution < -0.4 is 15.8 Å². The first-order valence-corrected chi connectivity index (χ1v) is 8.21. The lowest BCUT2D eigenvalue weighted by Crippen LogP contribution is -2.12. The molecule has 2 aromatic carbocycles. The molecule has 0 aliphatic rings. The number of benzene rings is 2. The fourth-order valence-electron chi connectivity index (χ4n) is 2.38. The Morgan fingerprint density at radius 3 is 2.92 bits per heavy atom. The largest absolute Gasteiger partial charge is 0.494 e. The molecule has 0 spiro atoms. The van der Waals surface area contributed by atoms with Gasteiger partial charge >= 0.3 is 5.76 Å². The second-order valence-corrected chi connectivity index (χ2v) is 6.04. The van der Waals surface area contributed by atoms with Gasteiger partial charge in [-0.2, -0.15) is 0 Å². The Bertz CT molecular complexity index is 961. The zero-order chi connectivity index (χ0) is 17.8. The van der Waals surface area contributed by atoms with Crippen molar-refractivity contribution in [1.29, 1.82) is 0 Å². The molecule has 7 heteroatoms. The van der Waals surface area contributed by atoms with Crippen molar-refractivity contribution in [1.82, 2.24) is 4.98 Å². The molecule has 1 heterocycles. The first-order chi connectivity index (χ1) is 12.0. The zero-order valence-electron chi connectivity index (χ0n) is 13.6. The van der Waals surface area contributed by atoms with Gasteiger partial charge in [-0.15, -0.1) is 0 Å². The van der Waals surface area contributed by atoms with Crippen molar-refractivity contribution in [3.05, 3.63) is 57.5 Å². The Kier molecular flexibility index (Phi) is 5.09. The average molecular weight is 361 g/mol. The van der Waals surface area contributed by atoms with E-state index in [0.29, 0.717) is 41.3 Å². The molecule has 0 unspecified atom stereocenters. The Labute approximate surface area is 148 Å². The summed E-state index contributed by atoms with van der Waals surface area (Å²) in [5, 5.41) is 3.48. The molecule has 1 aromatic heterocycles. The summed E-state index contributed by atoms with van der Waals surface area (Å²) in [7, 11) is 0. The van der Waals surface area contributed by atoms with Crippen molar-refractivity contribution < 1.29 is 13.9 Å². The molecule has 130 valence electrons. The lowest BCUT2D eigenvalue weighted by molar-refractivity contribution is -0.116. The summed E-state index contributed by atoms with van der Waals surface area (Å²) in [6.45, 7) is 2.34. The number of aromatic nitrogens is 1. The Morgan fingerprint density at radius 1 is 1.28 bits per heavy atom. The van der Waals surface area contributed by atoms with Crippen LogP contribution in [0.15, 0.2) is 45.6 Å². The number of amides is 1. The smallest absolute Gasteiger partial charge is 0.417 e. The van der Waals surface area contributed by atoms with E-state index in [9.17, 15) is 9.59 Å². The summed E-state index contributed by atoms with van der Waals surface area (Å²) >= 11 is 5.96. The van der Waals surface area contributed by atoms with Crippen molar-refractivity contribution in [2.45, 2.75) is 19.8 Å². The number of carbonyl (C=O) groups is 1. The third kappa shape index (κ3) is 4.42. The molecule has 0 bridgehead atoms. The van der Waals surface area contributed by atoms with Gasteiger partial charge in [0, 0.05) is 17.1 Å². The first-order valence-electron chi connectivity index (χ1n) is 7.83. The van der Waals surface area contributed by atoms with Crippen LogP contribution in [0.5, 0.6) is 5.75 Å². The number of oxazole rings is 1. The summed E-state index contributed by atoms with van der Waals surface area (Å²) in [4.78, 5) is 25.7. The molecule has 0 saturated carbocycles. The maximum absolute atomic E-state index is 12.0. The van der Waals surface area contributed by atoms with Crippen molar-refractivity contribution in [2.75, 3.05) is 11.9 Å². The van der Waals surface area contributed by atoms with Gasteiger partial charge in [0.15, 0.2) is 5.58 Å². The molecule has 0 aliphatic heterocycles. The number of hydrogen-bond acceptors (Lipinski definition) is 4. The van der Waals surface area contributed by atoms with Crippen molar-refractivity contribution >= 4 is 34.3 Å². The maximum Gasteiger partial charge on any atom is 0.417 e. The van der Waals surface area contributed by atoms with E-state index in [1.54, 1.807) is 30.3 Å². The Hall–Kier alpha value is -2.73. The minimum atomic E-state index is -0.520. The normalized spacial score (nSPS) is 10.8. The summed E-state index contributed by atoms with van der Waals surface area (Å²) in [5.74, 6) is 0.0887. The van der Waals surface area contributed by atoms with E-state index in [4.69, 9.17) is 20.8 Å². The van der Waals surface area contributed by atoms with Crippen LogP contribution in [0.3, 0.4) is 0 Å². The van der Waals surface area contributed by atoms with Crippen molar-refractivity contribution in [2.24, 2.45) is 0 Å². The number of ether oxygens (including phenoxy) is 1. The topological polar surface area (TPSA) is 84.3 Å². The molecule has 3 aromatic rings. The number of hydrogen-bond donors (Lipinski definition) is 2. The first kappa shape index (κ1) is 17.1. The van der Waals surface area contributed by atoms with Gasteiger partial charge in [-0.3, -0.25) is 9.78 Å². The van der Waals surface area contributed by atoms with Crippen LogP contribution in [0.1, 0.15) is 18.4 Å². The van der Waals surface area contributed by atoms with E-state index >= 15 is 0 Å². The Balaban J connectivity index is 1.47. The number of aryl methyl sites for hydroxylation is 1. The zero-order valence-corrected chi connectivity index (χ0v) is 14.4. The van der Waals surface area contributed by atoms with Crippen LogP contribution in [-0.2, 0) is 4.79 Å². The Morgan fingerprint density at radius 2 is 2.12 bits per heavy atom. The SMILES string of the molecule is Cc1cc(OCCCC(=O)Nc2ccc3oc(=O)[nH]c3c2)ccc1Cl. The second-order valence-electron chi connectivity index (χ2n) is 5.64. The van der Waals surface area contributed by atoms with Gasteiger partial charge in [-0.25, -0.2) is 4.79 Å². The summed E-state index contributed by atoms with van der Waals surface area (Å²) in [5.41, 5.74) is 2.55.